The molecule has 1 aromatic carbocycles. The van der Waals surface area contributed by atoms with Gasteiger partial charge in [0.15, 0.2) is 0 Å². The van der Waals surface area contributed by atoms with Gasteiger partial charge in [0.1, 0.15) is 0 Å². The Morgan fingerprint density at radius 3 is 2.54 bits per heavy atom. The lowest BCUT2D eigenvalue weighted by atomic mass is 10.0. The minimum atomic E-state index is 0. The van der Waals surface area contributed by atoms with Crippen molar-refractivity contribution in [1.29, 1.82) is 0 Å². The smallest absolute Gasteiger partial charge is 0.253 e. The quantitative estimate of drug-likeness (QED) is 0.880. The summed E-state index contributed by atoms with van der Waals surface area (Å²) in [5, 5.41) is 3.33. The van der Waals surface area contributed by atoms with Crippen LogP contribution in [0.3, 0.4) is 0 Å². The van der Waals surface area contributed by atoms with Crippen molar-refractivity contribution in [2.24, 2.45) is 0 Å². The van der Waals surface area contributed by atoms with Gasteiger partial charge in [-0.05, 0) is 49.1 Å². The first-order chi connectivity index (χ1) is 10.7. The Balaban J connectivity index is 0.00000144. The van der Waals surface area contributed by atoms with Crippen molar-refractivity contribution in [3.63, 3.8) is 0 Å². The van der Waals surface area contributed by atoms with Gasteiger partial charge < -0.3 is 15.1 Å². The summed E-state index contributed by atoms with van der Waals surface area (Å²) in [6, 6.07) is 6.53. The van der Waals surface area contributed by atoms with Gasteiger partial charge in [-0.15, -0.1) is 24.8 Å². The van der Waals surface area contributed by atoms with Gasteiger partial charge in [-0.2, -0.15) is 0 Å². The molecule has 4 nitrogen and oxygen atoms in total. The van der Waals surface area contributed by atoms with E-state index in [1.54, 1.807) is 0 Å². The molecule has 0 radical (unpaired) electrons. The summed E-state index contributed by atoms with van der Waals surface area (Å²) < 4.78 is 0. The molecule has 0 saturated carbocycles. The molecule has 0 spiro atoms. The van der Waals surface area contributed by atoms with Crippen molar-refractivity contribution in [1.82, 2.24) is 15.1 Å². The molecule has 1 N–H and O–H groups in total. The number of piperidine rings is 1. The molecular weight excluding hydrogens is 345 g/mol. The van der Waals surface area contributed by atoms with Gasteiger partial charge in [0, 0.05) is 44.8 Å². The lowest BCUT2D eigenvalue weighted by Gasteiger charge is -2.36. The Labute approximate surface area is 157 Å². The molecule has 0 aliphatic carbocycles. The number of fused-ring (bicyclic) bond motifs is 1. The molecule has 2 aliphatic heterocycles. The molecule has 3 rings (SSSR count). The fourth-order valence-electron chi connectivity index (χ4n) is 3.64. The maximum atomic E-state index is 12.7. The SMILES string of the molecule is CCCN1CCC(N(C)C(=O)c2ccc3c(c2)CNC3)CC1.Cl.Cl. The van der Waals surface area contributed by atoms with Crippen LogP contribution >= 0.6 is 24.8 Å². The number of carbonyl (C=O) groups is 1. The number of nitrogens with one attached hydrogen (secondary N) is 1. The van der Waals surface area contributed by atoms with Gasteiger partial charge in [0.05, 0.1) is 0 Å². The number of halogens is 2. The van der Waals surface area contributed by atoms with E-state index in [0.29, 0.717) is 6.04 Å². The first kappa shape index (κ1) is 21.2. The van der Waals surface area contributed by atoms with Gasteiger partial charge in [-0.1, -0.05) is 13.0 Å². The molecule has 6 heteroatoms. The van der Waals surface area contributed by atoms with E-state index in [2.05, 4.69) is 29.3 Å². The number of benzene rings is 1. The van der Waals surface area contributed by atoms with E-state index in [-0.39, 0.29) is 30.7 Å². The summed E-state index contributed by atoms with van der Waals surface area (Å²) in [5.74, 6) is 0.170. The number of amides is 1. The fraction of sp³-hybridized carbons (Fsp3) is 0.611. The van der Waals surface area contributed by atoms with Crippen LogP contribution in [0, 0.1) is 0 Å². The first-order valence-corrected chi connectivity index (χ1v) is 8.51. The van der Waals surface area contributed by atoms with Crippen molar-refractivity contribution < 1.29 is 4.79 Å². The second-order valence-corrected chi connectivity index (χ2v) is 6.58. The summed E-state index contributed by atoms with van der Waals surface area (Å²) in [7, 11) is 1.97. The maximum Gasteiger partial charge on any atom is 0.253 e. The van der Waals surface area contributed by atoms with Crippen molar-refractivity contribution >= 4 is 30.7 Å². The Kier molecular flexibility index (Phi) is 8.51. The number of rotatable bonds is 4. The van der Waals surface area contributed by atoms with E-state index < -0.39 is 0 Å². The van der Waals surface area contributed by atoms with E-state index in [1.807, 2.05) is 18.0 Å². The second-order valence-electron chi connectivity index (χ2n) is 6.58. The highest BCUT2D eigenvalue weighted by Crippen LogP contribution is 2.21. The largest absolute Gasteiger partial charge is 0.339 e. The molecule has 0 atom stereocenters. The molecule has 1 amide bonds. The number of hydrogen-bond acceptors (Lipinski definition) is 3. The van der Waals surface area contributed by atoms with Crippen LogP contribution in [0.25, 0.3) is 0 Å². The number of likely N-dealkylation sites (tertiary alicyclic amines) is 1. The third-order valence-corrected chi connectivity index (χ3v) is 5.05. The van der Waals surface area contributed by atoms with E-state index >= 15 is 0 Å². The highest BCUT2D eigenvalue weighted by atomic mass is 35.5. The molecule has 0 aromatic heterocycles. The molecule has 0 bridgehead atoms. The van der Waals surface area contributed by atoms with Crippen LogP contribution < -0.4 is 5.32 Å². The van der Waals surface area contributed by atoms with Crippen LogP contribution in [0.5, 0.6) is 0 Å². The normalized spacial score (nSPS) is 17.6. The lowest BCUT2D eigenvalue weighted by molar-refractivity contribution is 0.0642. The van der Waals surface area contributed by atoms with Gasteiger partial charge >= 0.3 is 0 Å². The van der Waals surface area contributed by atoms with E-state index in [4.69, 9.17) is 0 Å². The Bertz CT molecular complexity index is 545. The summed E-state index contributed by atoms with van der Waals surface area (Å²) in [6.07, 6.45) is 3.39. The molecule has 0 unspecified atom stereocenters. The van der Waals surface area contributed by atoms with Crippen molar-refractivity contribution in [3.05, 3.63) is 34.9 Å². The van der Waals surface area contributed by atoms with Gasteiger partial charge in [-0.3, -0.25) is 4.79 Å². The Morgan fingerprint density at radius 2 is 1.88 bits per heavy atom. The third kappa shape index (κ3) is 4.63. The summed E-state index contributed by atoms with van der Waals surface area (Å²) in [4.78, 5) is 17.2. The van der Waals surface area contributed by atoms with Gasteiger partial charge in [-0.25, -0.2) is 0 Å². The molecule has 1 aromatic rings. The van der Waals surface area contributed by atoms with E-state index in [0.717, 1.165) is 44.6 Å². The van der Waals surface area contributed by atoms with E-state index in [1.165, 1.54) is 24.1 Å². The fourth-order valence-corrected chi connectivity index (χ4v) is 3.64. The maximum absolute atomic E-state index is 12.7. The minimum Gasteiger partial charge on any atom is -0.339 e. The van der Waals surface area contributed by atoms with Crippen molar-refractivity contribution in [3.8, 4) is 0 Å². The average Bonchev–Trinajstić information content (AvgIpc) is 3.02. The monoisotopic (exact) mass is 373 g/mol. The average molecular weight is 374 g/mol. The number of hydrogen-bond donors (Lipinski definition) is 1. The van der Waals surface area contributed by atoms with Crippen LogP contribution in [-0.2, 0) is 13.1 Å². The minimum absolute atomic E-state index is 0. The highest BCUT2D eigenvalue weighted by Gasteiger charge is 2.26. The Hall–Kier alpha value is -0.810. The van der Waals surface area contributed by atoms with E-state index in [9.17, 15) is 4.79 Å². The molecule has 24 heavy (non-hydrogen) atoms. The standard InChI is InChI=1S/C18H27N3O.2ClH/c1-3-8-21-9-6-17(7-10-21)20(2)18(22)14-4-5-15-12-19-13-16(15)11-14;;/h4-5,11,17,19H,3,6-10,12-13H2,1-2H3;2*1H. The predicted molar refractivity (Wildman–Crippen MR) is 103 cm³/mol. The van der Waals surface area contributed by atoms with Crippen LogP contribution in [0.2, 0.25) is 0 Å². The summed E-state index contributed by atoms with van der Waals surface area (Å²) >= 11 is 0. The number of nitrogens with zero attached hydrogens (tertiary/aromatic N) is 2. The van der Waals surface area contributed by atoms with Crippen LogP contribution in [0.4, 0.5) is 0 Å². The van der Waals surface area contributed by atoms with Crippen molar-refractivity contribution in [2.75, 3.05) is 26.7 Å². The molecule has 1 saturated heterocycles. The van der Waals surface area contributed by atoms with Crippen LogP contribution in [-0.4, -0.2) is 48.4 Å². The lowest BCUT2D eigenvalue weighted by Crippen LogP contribution is -2.45. The molecule has 1 fully saturated rings. The second kappa shape index (κ2) is 9.62. The topological polar surface area (TPSA) is 35.6 Å². The number of carbonyl (C=O) groups excluding carboxylic acids is 1. The Morgan fingerprint density at radius 1 is 1.21 bits per heavy atom. The molecule has 2 heterocycles. The molecule has 136 valence electrons. The molecule has 2 aliphatic rings. The third-order valence-electron chi connectivity index (χ3n) is 5.05. The zero-order valence-corrected chi connectivity index (χ0v) is 16.2. The summed E-state index contributed by atoms with van der Waals surface area (Å²) in [5.41, 5.74) is 3.44. The predicted octanol–water partition coefficient (Wildman–Crippen LogP) is 3.08. The van der Waals surface area contributed by atoms with Crippen LogP contribution in [0.15, 0.2) is 18.2 Å². The van der Waals surface area contributed by atoms with Crippen molar-refractivity contribution in [2.45, 2.75) is 45.3 Å². The summed E-state index contributed by atoms with van der Waals surface area (Å²) in [6.45, 7) is 7.45. The first-order valence-electron chi connectivity index (χ1n) is 8.51. The zero-order valence-electron chi connectivity index (χ0n) is 14.6. The highest BCUT2D eigenvalue weighted by molar-refractivity contribution is 5.94. The van der Waals surface area contributed by atoms with Gasteiger partial charge in [0.2, 0.25) is 0 Å². The molecular formula is C18H29Cl2N3O. The zero-order chi connectivity index (χ0) is 15.5. The van der Waals surface area contributed by atoms with Gasteiger partial charge in [0.25, 0.3) is 5.91 Å². The van der Waals surface area contributed by atoms with Crippen LogP contribution in [0.1, 0.15) is 47.7 Å².